The molecule has 1 rings (SSSR count). The average Bonchev–Trinajstić information content (AvgIpc) is 3.36. The minimum Gasteiger partial charge on any atom is -0.394 e. The van der Waals surface area contributed by atoms with Crippen molar-refractivity contribution in [2.45, 2.75) is 345 Å². The predicted octanol–water partition coefficient (Wildman–Crippen LogP) is 12.7. The van der Waals surface area contributed by atoms with Crippen molar-refractivity contribution in [1.29, 1.82) is 0 Å². The molecule has 0 spiro atoms. The zero-order valence-corrected chi connectivity index (χ0v) is 45.5. The third-order valence-corrected chi connectivity index (χ3v) is 14.8. The Morgan fingerprint density at radius 1 is 0.486 bits per heavy atom. The summed E-state index contributed by atoms with van der Waals surface area (Å²) >= 11 is 0. The maximum Gasteiger partial charge on any atom is 0.249 e. The number of aliphatic hydroxyl groups excluding tert-OH is 7. The number of aliphatic hydroxyl groups is 7. The van der Waals surface area contributed by atoms with Crippen LogP contribution in [0.15, 0.2) is 12.2 Å². The molecule has 11 heteroatoms. The molecular formula is C59H115NO10. The number of hydrogen-bond acceptors (Lipinski definition) is 10. The van der Waals surface area contributed by atoms with Crippen LogP contribution in [0.25, 0.3) is 0 Å². The Morgan fingerprint density at radius 3 is 1.20 bits per heavy atom. The van der Waals surface area contributed by atoms with Crippen LogP contribution in [0.1, 0.15) is 290 Å². The molecule has 0 saturated carbocycles. The summed E-state index contributed by atoms with van der Waals surface area (Å²) in [5.41, 5.74) is 0. The van der Waals surface area contributed by atoms with E-state index in [1.807, 2.05) is 0 Å². The standard InChI is InChI=1S/C59H115NO10/c1-3-5-7-9-11-13-15-17-19-21-23-24-25-26-27-28-29-31-33-35-37-39-41-43-45-47-52(63)58(68)60-50(49-69-59-57(67)56(66)55(65)53(48-61)70-59)54(64)51(62)46-44-42-40-38-36-34-32-30-22-20-18-16-14-12-10-8-6-4-2/h26-27,50-57,59,61-67H,3-25,28-49H2,1-2H3,(H,60,68)/b27-26-. The van der Waals surface area contributed by atoms with E-state index in [-0.39, 0.29) is 6.42 Å². The second kappa shape index (κ2) is 48.8. The van der Waals surface area contributed by atoms with Crippen LogP contribution in [0.5, 0.6) is 0 Å². The van der Waals surface area contributed by atoms with Gasteiger partial charge in [0.25, 0.3) is 0 Å². The summed E-state index contributed by atoms with van der Waals surface area (Å²) in [5.74, 6) is -0.694. The molecule has 1 saturated heterocycles. The molecule has 0 radical (unpaired) electrons. The minimum atomic E-state index is -1.66. The first kappa shape index (κ1) is 66.9. The molecule has 1 amide bonds. The molecule has 8 N–H and O–H groups in total. The van der Waals surface area contributed by atoms with Gasteiger partial charge < -0.3 is 50.5 Å². The van der Waals surface area contributed by atoms with E-state index < -0.39 is 74.2 Å². The lowest BCUT2D eigenvalue weighted by atomic mass is 9.98. The number of amides is 1. The van der Waals surface area contributed by atoms with Crippen molar-refractivity contribution in [3.05, 3.63) is 12.2 Å². The highest BCUT2D eigenvalue weighted by Crippen LogP contribution is 2.24. The van der Waals surface area contributed by atoms with Gasteiger partial charge in [0.15, 0.2) is 6.29 Å². The van der Waals surface area contributed by atoms with Crippen LogP contribution in [-0.2, 0) is 14.3 Å². The largest absolute Gasteiger partial charge is 0.394 e. The fraction of sp³-hybridized carbons (Fsp3) is 0.949. The maximum absolute atomic E-state index is 13.2. The van der Waals surface area contributed by atoms with Crippen LogP contribution in [0, 0.1) is 0 Å². The fourth-order valence-corrected chi connectivity index (χ4v) is 9.91. The summed E-state index contributed by atoms with van der Waals surface area (Å²) in [6.45, 7) is 3.49. The van der Waals surface area contributed by atoms with Crippen LogP contribution in [-0.4, -0.2) is 110 Å². The van der Waals surface area contributed by atoms with E-state index in [9.17, 15) is 40.5 Å². The summed E-state index contributed by atoms with van der Waals surface area (Å²) in [6.07, 6.45) is 45.5. The number of allylic oxidation sites excluding steroid dienone is 2. The van der Waals surface area contributed by atoms with E-state index in [2.05, 4.69) is 31.3 Å². The number of unbranched alkanes of at least 4 members (excludes halogenated alkanes) is 38. The zero-order valence-electron chi connectivity index (χ0n) is 45.5. The predicted molar refractivity (Wildman–Crippen MR) is 289 cm³/mol. The molecule has 9 atom stereocenters. The molecule has 0 aromatic rings. The number of carbonyl (C=O) groups excluding carboxylic acids is 1. The van der Waals surface area contributed by atoms with E-state index in [1.54, 1.807) is 0 Å². The number of nitrogens with one attached hydrogen (secondary N) is 1. The van der Waals surface area contributed by atoms with Gasteiger partial charge >= 0.3 is 0 Å². The second-order valence-corrected chi connectivity index (χ2v) is 21.4. The van der Waals surface area contributed by atoms with Gasteiger partial charge in [0.05, 0.1) is 25.4 Å². The highest BCUT2D eigenvalue weighted by atomic mass is 16.7. The first-order chi connectivity index (χ1) is 34.2. The molecule has 1 fully saturated rings. The molecule has 416 valence electrons. The van der Waals surface area contributed by atoms with E-state index >= 15 is 0 Å². The van der Waals surface area contributed by atoms with Crippen LogP contribution in [0.4, 0.5) is 0 Å². The maximum atomic E-state index is 13.2. The van der Waals surface area contributed by atoms with Gasteiger partial charge in [0.1, 0.15) is 36.6 Å². The molecule has 0 bridgehead atoms. The summed E-state index contributed by atoms with van der Waals surface area (Å²) < 4.78 is 11.2. The monoisotopic (exact) mass is 998 g/mol. The Labute approximate surface area is 430 Å². The van der Waals surface area contributed by atoms with Gasteiger partial charge in [0, 0.05) is 0 Å². The van der Waals surface area contributed by atoms with E-state index in [4.69, 9.17) is 9.47 Å². The van der Waals surface area contributed by atoms with E-state index in [1.165, 1.54) is 212 Å². The third-order valence-electron chi connectivity index (χ3n) is 14.8. The number of hydrogen-bond donors (Lipinski definition) is 8. The van der Waals surface area contributed by atoms with Gasteiger partial charge in [-0.3, -0.25) is 4.79 Å². The van der Waals surface area contributed by atoms with Crippen LogP contribution < -0.4 is 5.32 Å². The third kappa shape index (κ3) is 36.7. The topological polar surface area (TPSA) is 189 Å². The van der Waals surface area contributed by atoms with Crippen molar-refractivity contribution in [3.8, 4) is 0 Å². The van der Waals surface area contributed by atoms with Crippen molar-refractivity contribution >= 4 is 5.91 Å². The van der Waals surface area contributed by atoms with Crippen LogP contribution in [0.2, 0.25) is 0 Å². The molecule has 0 aromatic heterocycles. The van der Waals surface area contributed by atoms with E-state index in [0.717, 1.165) is 38.5 Å². The van der Waals surface area contributed by atoms with Gasteiger partial charge in [-0.25, -0.2) is 0 Å². The summed E-state index contributed by atoms with van der Waals surface area (Å²) in [4.78, 5) is 13.2. The Morgan fingerprint density at radius 2 is 0.829 bits per heavy atom. The van der Waals surface area contributed by atoms with Crippen molar-refractivity contribution in [1.82, 2.24) is 5.32 Å². The molecule has 0 aromatic carbocycles. The second-order valence-electron chi connectivity index (χ2n) is 21.4. The Bertz CT molecular complexity index is 1140. The van der Waals surface area contributed by atoms with Crippen molar-refractivity contribution in [3.63, 3.8) is 0 Å². The molecule has 1 heterocycles. The highest BCUT2D eigenvalue weighted by molar-refractivity contribution is 5.80. The zero-order chi connectivity index (χ0) is 51.1. The Hall–Kier alpha value is -1.15. The molecular weight excluding hydrogens is 883 g/mol. The van der Waals surface area contributed by atoms with E-state index in [0.29, 0.717) is 19.3 Å². The van der Waals surface area contributed by atoms with Crippen molar-refractivity contribution in [2.24, 2.45) is 0 Å². The Kier molecular flexibility index (Phi) is 46.6. The van der Waals surface area contributed by atoms with Gasteiger partial charge in [-0.15, -0.1) is 0 Å². The van der Waals surface area contributed by atoms with Crippen molar-refractivity contribution < 1.29 is 50.0 Å². The van der Waals surface area contributed by atoms with Gasteiger partial charge in [-0.2, -0.15) is 0 Å². The number of carbonyl (C=O) groups is 1. The number of rotatable bonds is 52. The summed E-state index contributed by atoms with van der Waals surface area (Å²) in [6, 6.07) is -1.17. The van der Waals surface area contributed by atoms with Gasteiger partial charge in [0.2, 0.25) is 5.91 Å². The lowest BCUT2D eigenvalue weighted by Gasteiger charge is -2.40. The molecule has 1 aliphatic rings. The normalized spacial score (nSPS) is 20.3. The lowest BCUT2D eigenvalue weighted by molar-refractivity contribution is -0.303. The Balaban J connectivity index is 2.28. The molecule has 9 unspecified atom stereocenters. The highest BCUT2D eigenvalue weighted by Gasteiger charge is 2.44. The minimum absolute atomic E-state index is 0.261. The fourth-order valence-electron chi connectivity index (χ4n) is 9.91. The van der Waals surface area contributed by atoms with Crippen molar-refractivity contribution in [2.75, 3.05) is 13.2 Å². The van der Waals surface area contributed by atoms with Crippen LogP contribution in [0.3, 0.4) is 0 Å². The smallest absolute Gasteiger partial charge is 0.249 e. The SMILES string of the molecule is CCCCCCCCCCCCCC/C=C\CCCCCCCCCCCC(O)C(=O)NC(COC1OC(CO)C(O)C(O)C1O)C(O)C(O)CCCCCCCCCCCCCCCCCCCC. The molecule has 11 nitrogen and oxygen atoms in total. The summed E-state index contributed by atoms with van der Waals surface area (Å²) in [5, 5.41) is 76.2. The van der Waals surface area contributed by atoms with Gasteiger partial charge in [-0.1, -0.05) is 264 Å². The van der Waals surface area contributed by atoms with Crippen LogP contribution >= 0.6 is 0 Å². The molecule has 0 aliphatic carbocycles. The first-order valence-corrected chi connectivity index (χ1v) is 30.1. The van der Waals surface area contributed by atoms with Gasteiger partial charge in [-0.05, 0) is 38.5 Å². The quantitative estimate of drug-likeness (QED) is 0.0215. The number of ether oxygens (including phenoxy) is 2. The molecule has 1 aliphatic heterocycles. The molecule has 70 heavy (non-hydrogen) atoms. The summed E-state index contributed by atoms with van der Waals surface area (Å²) in [7, 11) is 0. The average molecular weight is 999 g/mol. The lowest BCUT2D eigenvalue weighted by Crippen LogP contribution is -2.60. The first-order valence-electron chi connectivity index (χ1n) is 30.1.